The Balaban J connectivity index is 1.71. The van der Waals surface area contributed by atoms with Gasteiger partial charge in [-0.05, 0) is 49.5 Å². The molecule has 3 rings (SSSR count). The van der Waals surface area contributed by atoms with Crippen LogP contribution in [0.25, 0.3) is 0 Å². The molecule has 0 spiro atoms. The molecule has 0 radical (unpaired) electrons. The summed E-state index contributed by atoms with van der Waals surface area (Å²) in [4.78, 5) is 16.8. The van der Waals surface area contributed by atoms with Gasteiger partial charge in [0.1, 0.15) is 0 Å². The van der Waals surface area contributed by atoms with Crippen LogP contribution in [0.15, 0.2) is 48.5 Å². The summed E-state index contributed by atoms with van der Waals surface area (Å²) >= 11 is 5.90. The SMILES string of the molecule is CN1CCN(C(=O)c2cccc(Nc3ccc(Cl)cc3)c2)CC1. The van der Waals surface area contributed by atoms with Crippen molar-refractivity contribution in [1.29, 1.82) is 0 Å². The molecule has 0 aromatic heterocycles. The van der Waals surface area contributed by atoms with Crippen LogP contribution in [-0.4, -0.2) is 48.9 Å². The highest BCUT2D eigenvalue weighted by atomic mass is 35.5. The quantitative estimate of drug-likeness (QED) is 0.936. The fourth-order valence-corrected chi connectivity index (χ4v) is 2.75. The molecule has 1 aliphatic rings. The van der Waals surface area contributed by atoms with Crippen molar-refractivity contribution < 1.29 is 4.79 Å². The van der Waals surface area contributed by atoms with Crippen molar-refractivity contribution in [2.75, 3.05) is 38.5 Å². The normalized spacial score (nSPS) is 15.5. The van der Waals surface area contributed by atoms with E-state index in [-0.39, 0.29) is 5.91 Å². The highest BCUT2D eigenvalue weighted by Gasteiger charge is 2.20. The molecule has 1 fully saturated rings. The summed E-state index contributed by atoms with van der Waals surface area (Å²) in [7, 11) is 2.08. The molecule has 0 bridgehead atoms. The second-order valence-electron chi connectivity index (χ2n) is 5.81. The van der Waals surface area contributed by atoms with Gasteiger partial charge in [0.05, 0.1) is 0 Å². The summed E-state index contributed by atoms with van der Waals surface area (Å²) in [5.41, 5.74) is 2.56. The molecular weight excluding hydrogens is 310 g/mol. The van der Waals surface area contributed by atoms with Crippen LogP contribution in [-0.2, 0) is 0 Å². The molecule has 1 aliphatic heterocycles. The van der Waals surface area contributed by atoms with Crippen LogP contribution < -0.4 is 5.32 Å². The predicted molar refractivity (Wildman–Crippen MR) is 94.6 cm³/mol. The Morgan fingerprint density at radius 1 is 1.00 bits per heavy atom. The summed E-state index contributed by atoms with van der Waals surface area (Å²) in [5, 5.41) is 4.00. The Kier molecular flexibility index (Phi) is 4.84. The average Bonchev–Trinajstić information content (AvgIpc) is 2.57. The van der Waals surface area contributed by atoms with Crippen molar-refractivity contribution in [3.05, 3.63) is 59.1 Å². The maximum absolute atomic E-state index is 12.6. The zero-order valence-electron chi connectivity index (χ0n) is 13.1. The van der Waals surface area contributed by atoms with Crippen LogP contribution >= 0.6 is 11.6 Å². The van der Waals surface area contributed by atoms with E-state index in [9.17, 15) is 4.79 Å². The number of likely N-dealkylation sites (N-methyl/N-ethyl adjacent to an activating group) is 1. The van der Waals surface area contributed by atoms with Gasteiger partial charge in [-0.15, -0.1) is 0 Å². The van der Waals surface area contributed by atoms with E-state index in [0.717, 1.165) is 37.6 Å². The lowest BCUT2D eigenvalue weighted by molar-refractivity contribution is 0.0664. The Hall–Kier alpha value is -2.04. The summed E-state index contributed by atoms with van der Waals surface area (Å²) in [6.07, 6.45) is 0. The summed E-state index contributed by atoms with van der Waals surface area (Å²) in [6.45, 7) is 3.41. The lowest BCUT2D eigenvalue weighted by Crippen LogP contribution is -2.47. The number of benzene rings is 2. The highest BCUT2D eigenvalue weighted by molar-refractivity contribution is 6.30. The molecule has 2 aromatic rings. The number of hydrogen-bond acceptors (Lipinski definition) is 3. The number of piperazine rings is 1. The van der Waals surface area contributed by atoms with Gasteiger partial charge in [0, 0.05) is 48.1 Å². The monoisotopic (exact) mass is 329 g/mol. The average molecular weight is 330 g/mol. The lowest BCUT2D eigenvalue weighted by atomic mass is 10.1. The second-order valence-corrected chi connectivity index (χ2v) is 6.24. The first-order valence-electron chi connectivity index (χ1n) is 7.72. The van der Waals surface area contributed by atoms with E-state index in [2.05, 4.69) is 17.3 Å². The van der Waals surface area contributed by atoms with Crippen LogP contribution in [0.1, 0.15) is 10.4 Å². The van der Waals surface area contributed by atoms with Crippen molar-refractivity contribution in [2.45, 2.75) is 0 Å². The third-order valence-corrected chi connectivity index (χ3v) is 4.28. The van der Waals surface area contributed by atoms with Gasteiger partial charge in [-0.25, -0.2) is 0 Å². The minimum absolute atomic E-state index is 0.0952. The minimum Gasteiger partial charge on any atom is -0.356 e. The van der Waals surface area contributed by atoms with Gasteiger partial charge in [-0.1, -0.05) is 17.7 Å². The second kappa shape index (κ2) is 7.02. The van der Waals surface area contributed by atoms with Crippen LogP contribution in [0.2, 0.25) is 5.02 Å². The fraction of sp³-hybridized carbons (Fsp3) is 0.278. The molecule has 1 saturated heterocycles. The molecule has 0 atom stereocenters. The minimum atomic E-state index is 0.0952. The number of carbonyl (C=O) groups is 1. The van der Waals surface area contributed by atoms with Gasteiger partial charge in [0.2, 0.25) is 0 Å². The van der Waals surface area contributed by atoms with Crippen molar-refractivity contribution in [3.8, 4) is 0 Å². The maximum Gasteiger partial charge on any atom is 0.254 e. The number of carbonyl (C=O) groups excluding carboxylic acids is 1. The van der Waals surface area contributed by atoms with Gasteiger partial charge in [-0.2, -0.15) is 0 Å². The molecule has 1 heterocycles. The Bertz CT molecular complexity index is 679. The number of hydrogen-bond donors (Lipinski definition) is 1. The van der Waals surface area contributed by atoms with E-state index < -0.39 is 0 Å². The Morgan fingerprint density at radius 3 is 2.39 bits per heavy atom. The first-order chi connectivity index (χ1) is 11.1. The lowest BCUT2D eigenvalue weighted by Gasteiger charge is -2.32. The molecule has 0 aliphatic carbocycles. The van der Waals surface area contributed by atoms with E-state index in [1.165, 1.54) is 0 Å². The Labute approximate surface area is 141 Å². The molecular formula is C18H20ClN3O. The van der Waals surface area contributed by atoms with E-state index in [1.807, 2.05) is 53.4 Å². The van der Waals surface area contributed by atoms with Crippen LogP contribution in [0.3, 0.4) is 0 Å². The molecule has 0 unspecified atom stereocenters. The standard InChI is InChI=1S/C18H20ClN3O/c1-21-9-11-22(12-10-21)18(23)14-3-2-4-17(13-14)20-16-7-5-15(19)6-8-16/h2-8,13,20H,9-12H2,1H3. The predicted octanol–water partition coefficient (Wildman–Crippen LogP) is 3.47. The number of rotatable bonds is 3. The number of nitrogens with one attached hydrogen (secondary N) is 1. The molecule has 0 saturated carbocycles. The topological polar surface area (TPSA) is 35.6 Å². The summed E-state index contributed by atoms with van der Waals surface area (Å²) in [6, 6.07) is 15.1. The van der Waals surface area contributed by atoms with E-state index in [4.69, 9.17) is 11.6 Å². The maximum atomic E-state index is 12.6. The highest BCUT2D eigenvalue weighted by Crippen LogP contribution is 2.20. The molecule has 1 N–H and O–H groups in total. The van der Waals surface area contributed by atoms with E-state index in [1.54, 1.807) is 0 Å². The van der Waals surface area contributed by atoms with Crippen molar-refractivity contribution in [3.63, 3.8) is 0 Å². The molecule has 23 heavy (non-hydrogen) atoms. The van der Waals surface area contributed by atoms with Gasteiger partial charge in [0.25, 0.3) is 5.91 Å². The summed E-state index contributed by atoms with van der Waals surface area (Å²) in [5.74, 6) is 0.0952. The van der Waals surface area contributed by atoms with Crippen molar-refractivity contribution in [2.24, 2.45) is 0 Å². The van der Waals surface area contributed by atoms with Crippen molar-refractivity contribution in [1.82, 2.24) is 9.80 Å². The van der Waals surface area contributed by atoms with Crippen molar-refractivity contribution >= 4 is 28.9 Å². The molecule has 2 aromatic carbocycles. The van der Waals surface area contributed by atoms with Gasteiger partial charge in [0.15, 0.2) is 0 Å². The first-order valence-corrected chi connectivity index (χ1v) is 8.10. The van der Waals surface area contributed by atoms with E-state index >= 15 is 0 Å². The third-order valence-electron chi connectivity index (χ3n) is 4.03. The number of halogens is 1. The first kappa shape index (κ1) is 15.8. The van der Waals surface area contributed by atoms with Crippen LogP contribution in [0.5, 0.6) is 0 Å². The van der Waals surface area contributed by atoms with Crippen LogP contribution in [0, 0.1) is 0 Å². The molecule has 5 heteroatoms. The number of anilines is 2. The van der Waals surface area contributed by atoms with Gasteiger partial charge in [-0.3, -0.25) is 4.79 Å². The summed E-state index contributed by atoms with van der Waals surface area (Å²) < 4.78 is 0. The largest absolute Gasteiger partial charge is 0.356 e. The zero-order valence-corrected chi connectivity index (χ0v) is 13.9. The van der Waals surface area contributed by atoms with E-state index in [0.29, 0.717) is 10.6 Å². The Morgan fingerprint density at radius 2 is 1.70 bits per heavy atom. The molecule has 4 nitrogen and oxygen atoms in total. The molecule has 1 amide bonds. The fourth-order valence-electron chi connectivity index (χ4n) is 2.62. The third kappa shape index (κ3) is 4.03. The van der Waals surface area contributed by atoms with Gasteiger partial charge < -0.3 is 15.1 Å². The number of nitrogens with zero attached hydrogens (tertiary/aromatic N) is 2. The van der Waals surface area contributed by atoms with Gasteiger partial charge >= 0.3 is 0 Å². The zero-order chi connectivity index (χ0) is 16.2. The molecule has 120 valence electrons. The smallest absolute Gasteiger partial charge is 0.254 e. The number of amides is 1. The van der Waals surface area contributed by atoms with Crippen LogP contribution in [0.4, 0.5) is 11.4 Å².